The molecule has 0 N–H and O–H groups in total. The van der Waals surface area contributed by atoms with Gasteiger partial charge in [-0.3, -0.25) is 0 Å². The summed E-state index contributed by atoms with van der Waals surface area (Å²) in [4.78, 5) is 0. The number of fused-ring (bicyclic) bond motifs is 6. The summed E-state index contributed by atoms with van der Waals surface area (Å²) in [6, 6.07) is 28.6. The van der Waals surface area contributed by atoms with Crippen LogP contribution in [0.4, 0.5) is 0 Å². The van der Waals surface area contributed by atoms with Crippen molar-refractivity contribution in [2.45, 2.75) is 51.0 Å². The zero-order chi connectivity index (χ0) is 46.5. The summed E-state index contributed by atoms with van der Waals surface area (Å²) in [5, 5.41) is -2.92. The Morgan fingerprint density at radius 3 is 1.32 bits per heavy atom. The topological polar surface area (TPSA) is 67.6 Å². The van der Waals surface area contributed by atoms with Crippen LogP contribution in [0.3, 0.4) is 0 Å². The second kappa shape index (κ2) is 17.2. The zero-order valence-corrected chi connectivity index (χ0v) is 43.2. The van der Waals surface area contributed by atoms with E-state index in [0.29, 0.717) is 12.6 Å². The number of hydrogen-bond acceptors (Lipinski definition) is 7. The average molecular weight is 1150 g/mol. The van der Waals surface area contributed by atoms with E-state index in [4.69, 9.17) is 171 Å². The van der Waals surface area contributed by atoms with E-state index in [1.807, 2.05) is 0 Å². The van der Waals surface area contributed by atoms with Gasteiger partial charge in [-0.15, -0.1) is 0 Å². The van der Waals surface area contributed by atoms with Gasteiger partial charge >= 0.3 is 268 Å². The predicted octanol–water partition coefficient (Wildman–Crippen LogP) is 18.6. The summed E-state index contributed by atoms with van der Waals surface area (Å²) >= 11 is 75.9. The summed E-state index contributed by atoms with van der Waals surface area (Å²) < 4.78 is 45.9. The molecule has 0 saturated heterocycles. The molecule has 1 fully saturated rings. The van der Waals surface area contributed by atoms with Crippen LogP contribution >= 0.6 is 147 Å². The maximum absolute atomic E-state index is 6.81. The van der Waals surface area contributed by atoms with Gasteiger partial charge in [0.2, 0.25) is 0 Å². The van der Waals surface area contributed by atoms with Crippen molar-refractivity contribution >= 4 is 153 Å². The van der Waals surface area contributed by atoms with Crippen molar-refractivity contribution < 1.29 is 36.5 Å². The molecule has 21 heteroatoms. The number of halogens is 12. The van der Waals surface area contributed by atoms with E-state index < -0.39 is 7.31 Å². The van der Waals surface area contributed by atoms with Crippen molar-refractivity contribution in [3.05, 3.63) is 156 Å². The Hall–Kier alpha value is -2.34. The molecule has 4 heterocycles. The first-order valence-corrected chi connectivity index (χ1v) is 26.6. The van der Waals surface area contributed by atoms with Crippen molar-refractivity contribution in [2.24, 2.45) is 0 Å². The van der Waals surface area contributed by atoms with Gasteiger partial charge in [0.05, 0.1) is 6.61 Å². The monoisotopic (exact) mass is 1140 g/mol. The second-order valence-corrected chi connectivity index (χ2v) is 23.5. The standard InChI is InChI=1S/C27H28NO.C18Cl12O6P/c1-2-10-21(11-3-1)20-29-27-17-9-8-16-26(27)28-18-22-12-4-6-14-24(22)25-15-7-5-13-23(25)19-28;19-1-2(20)8(26)14-13(7(1)25)31-37(32-14,33-15-9(27)3(21)4(22)10(28)16(15)34-37)35-17-11(29)5(23)6(24)12(30)18(17)36-37/h1-7,10-15,18,26-27H,8-9,16-17,19-20H2;/q+1;-1/t26-,27-;/m0./s1. The van der Waals surface area contributed by atoms with E-state index in [1.165, 1.54) is 47.1 Å². The first kappa shape index (κ1) is 47.3. The Morgan fingerprint density at radius 1 is 0.455 bits per heavy atom. The molecule has 0 radical (unpaired) electrons. The fourth-order valence-electron chi connectivity index (χ4n) is 8.50. The molecule has 5 aliphatic rings. The summed E-state index contributed by atoms with van der Waals surface area (Å²) in [6.07, 6.45) is 7.54. The molecule has 8 nitrogen and oxygen atoms in total. The van der Waals surface area contributed by atoms with Gasteiger partial charge in [0.25, 0.3) is 0 Å². The molecule has 66 heavy (non-hydrogen) atoms. The van der Waals surface area contributed by atoms with Gasteiger partial charge in [-0.25, -0.2) is 4.58 Å². The Bertz CT molecular complexity index is 2780. The van der Waals surface area contributed by atoms with Gasteiger partial charge in [0.1, 0.15) is 6.10 Å². The van der Waals surface area contributed by atoms with E-state index in [9.17, 15) is 0 Å². The summed E-state index contributed by atoms with van der Waals surface area (Å²) in [5.41, 5.74) is 6.67. The van der Waals surface area contributed by atoms with Crippen LogP contribution in [0.15, 0.2) is 78.9 Å². The average Bonchev–Trinajstić information content (AvgIpc) is 3.90. The van der Waals surface area contributed by atoms with Crippen LogP contribution in [0, 0.1) is 0 Å². The van der Waals surface area contributed by atoms with Crippen LogP contribution in [0.25, 0.3) is 11.1 Å². The third-order valence-corrected chi connectivity index (χ3v) is 20.2. The Balaban J connectivity index is 0.000000160. The van der Waals surface area contributed by atoms with Crippen molar-refractivity contribution in [1.29, 1.82) is 0 Å². The molecule has 344 valence electrons. The zero-order valence-electron chi connectivity index (χ0n) is 33.3. The Kier molecular flexibility index (Phi) is 12.3. The number of ether oxygens (including phenoxy) is 1. The molecule has 0 bridgehead atoms. The SMILES string of the molecule is C1=[N+]([C@H]2CCCC[C@@H]2OCc2ccccc2)Cc2ccccc2-c2ccccc21.Clc1c(Cl)c(Cl)c2c(c1Cl)O[P-]13(O2)(Oc2c(Cl)c(Cl)c(Cl)c(Cl)c2O1)Oc1c(Cl)c(Cl)c(Cl)c(Cl)c1O3. The molecule has 1 saturated carbocycles. The molecular formula is C45H28Cl12NO7P. The van der Waals surface area contributed by atoms with Crippen LogP contribution < -0.4 is 27.1 Å². The minimum atomic E-state index is -6.81. The Morgan fingerprint density at radius 2 is 0.848 bits per heavy atom. The van der Waals surface area contributed by atoms with Crippen LogP contribution in [0.2, 0.25) is 60.3 Å². The Labute approximate surface area is 437 Å². The summed E-state index contributed by atoms with van der Waals surface area (Å²) in [5.74, 6) is -2.13. The number of rotatable bonds is 4. The molecule has 4 aliphatic heterocycles. The molecule has 1 aliphatic carbocycles. The molecule has 11 rings (SSSR count). The molecule has 6 aromatic carbocycles. The molecule has 0 aromatic heterocycles. The quantitative estimate of drug-likeness (QED) is 0.0754. The van der Waals surface area contributed by atoms with Crippen LogP contribution in [-0.2, 0) is 17.9 Å². The normalized spacial score (nSPS) is 20.5. The maximum atomic E-state index is 6.49. The van der Waals surface area contributed by atoms with Crippen molar-refractivity contribution in [2.75, 3.05) is 0 Å². The number of hydrogen-bond donors (Lipinski definition) is 0. The van der Waals surface area contributed by atoms with Crippen LogP contribution in [0.1, 0.15) is 42.4 Å². The van der Waals surface area contributed by atoms with E-state index >= 15 is 0 Å². The van der Waals surface area contributed by atoms with Crippen molar-refractivity contribution in [3.8, 4) is 45.6 Å². The second-order valence-electron chi connectivity index (χ2n) is 15.6. The first-order valence-electron chi connectivity index (χ1n) is 19.9. The third kappa shape index (κ3) is 7.52. The molecule has 0 amide bonds. The molecule has 0 unspecified atom stereocenters. The van der Waals surface area contributed by atoms with Gasteiger partial charge in [0.15, 0.2) is 18.8 Å². The number of benzene rings is 6. The molecular weight excluding hydrogens is 1120 g/mol. The van der Waals surface area contributed by atoms with Gasteiger partial charge in [0, 0.05) is 17.5 Å². The fraction of sp³-hybridized carbons (Fsp3) is 0.178. The van der Waals surface area contributed by atoms with Crippen molar-refractivity contribution in [1.82, 2.24) is 0 Å². The van der Waals surface area contributed by atoms with E-state index in [0.717, 1.165) is 13.0 Å². The van der Waals surface area contributed by atoms with E-state index in [2.05, 4.69) is 89.7 Å². The number of nitrogens with zero attached hydrogens (tertiary/aromatic N) is 1. The van der Waals surface area contributed by atoms with Gasteiger partial charge in [-0.05, 0) is 35.6 Å². The predicted molar refractivity (Wildman–Crippen MR) is 268 cm³/mol. The molecule has 2 atom stereocenters. The fourth-order valence-corrected chi connectivity index (χ4v) is 15.3. The minimum absolute atomic E-state index is 0.205. The van der Waals surface area contributed by atoms with E-state index in [1.54, 1.807) is 0 Å². The summed E-state index contributed by atoms with van der Waals surface area (Å²) in [6.45, 7) is 1.64. The third-order valence-electron chi connectivity index (χ3n) is 11.5. The van der Waals surface area contributed by atoms with Gasteiger partial charge < -0.3 is 4.74 Å². The molecule has 6 aromatic rings. The summed E-state index contributed by atoms with van der Waals surface area (Å²) in [7, 11) is -6.81. The molecule has 1 spiro atoms. The van der Waals surface area contributed by atoms with Gasteiger partial charge in [-0.2, -0.15) is 0 Å². The van der Waals surface area contributed by atoms with Crippen LogP contribution in [-0.4, -0.2) is 22.9 Å². The van der Waals surface area contributed by atoms with Crippen molar-refractivity contribution in [3.63, 3.8) is 0 Å². The van der Waals surface area contributed by atoms with Crippen LogP contribution in [0.5, 0.6) is 34.5 Å². The van der Waals surface area contributed by atoms with E-state index in [-0.39, 0.29) is 101 Å². The van der Waals surface area contributed by atoms with Gasteiger partial charge in [-0.1, -0.05) is 79.2 Å². The first-order chi connectivity index (χ1) is 31.5.